The lowest BCUT2D eigenvalue weighted by Crippen LogP contribution is -2.45. The second-order valence-electron chi connectivity index (χ2n) is 8.91. The van der Waals surface area contributed by atoms with Crippen molar-refractivity contribution in [3.63, 3.8) is 0 Å². The van der Waals surface area contributed by atoms with E-state index in [4.69, 9.17) is 4.99 Å². The van der Waals surface area contributed by atoms with Crippen molar-refractivity contribution in [3.05, 3.63) is 0 Å². The molecule has 3 fully saturated rings. The quantitative estimate of drug-likeness (QED) is 0.387. The highest BCUT2D eigenvalue weighted by Crippen LogP contribution is 2.26. The fourth-order valence-electron chi connectivity index (χ4n) is 5.13. The third-order valence-corrected chi connectivity index (χ3v) is 6.81. The van der Waals surface area contributed by atoms with Crippen LogP contribution in [0.25, 0.3) is 0 Å². The zero-order chi connectivity index (χ0) is 18.9. The predicted molar refractivity (Wildman–Crippen MR) is 115 cm³/mol. The van der Waals surface area contributed by atoms with E-state index in [1.807, 2.05) is 0 Å². The van der Waals surface area contributed by atoms with Gasteiger partial charge in [0.2, 0.25) is 0 Å². The zero-order valence-corrected chi connectivity index (χ0v) is 17.9. The number of nitrogens with one attached hydrogen (secondary N) is 2. The molecule has 2 aliphatic heterocycles. The molecule has 156 valence electrons. The van der Waals surface area contributed by atoms with Crippen LogP contribution in [-0.2, 0) is 0 Å². The Balaban J connectivity index is 1.35. The Morgan fingerprint density at radius 2 is 1.81 bits per heavy atom. The molecule has 2 heterocycles. The molecule has 0 spiro atoms. The first-order valence-corrected chi connectivity index (χ1v) is 11.8. The van der Waals surface area contributed by atoms with Gasteiger partial charge in [-0.3, -0.25) is 9.89 Å². The van der Waals surface area contributed by atoms with E-state index in [0.29, 0.717) is 6.04 Å². The SMILES string of the molecule is CCNC(=NCCCCN1CCCCC1C)NC1CCN(C2CCCC2)C1. The van der Waals surface area contributed by atoms with E-state index in [1.165, 1.54) is 90.4 Å². The largest absolute Gasteiger partial charge is 0.357 e. The van der Waals surface area contributed by atoms with Crippen LogP contribution in [-0.4, -0.2) is 73.2 Å². The van der Waals surface area contributed by atoms with Crippen molar-refractivity contribution >= 4 is 5.96 Å². The molecule has 2 atom stereocenters. The minimum atomic E-state index is 0.567. The maximum Gasteiger partial charge on any atom is 0.191 e. The van der Waals surface area contributed by atoms with Crippen LogP contribution in [0, 0.1) is 0 Å². The van der Waals surface area contributed by atoms with Crippen LogP contribution in [0.15, 0.2) is 4.99 Å². The lowest BCUT2D eigenvalue weighted by Gasteiger charge is -2.33. The number of piperidine rings is 1. The molecule has 5 nitrogen and oxygen atoms in total. The third-order valence-electron chi connectivity index (χ3n) is 6.81. The molecule has 1 aliphatic carbocycles. The summed E-state index contributed by atoms with van der Waals surface area (Å²) in [5, 5.41) is 7.16. The molecule has 5 heteroatoms. The summed E-state index contributed by atoms with van der Waals surface area (Å²) in [6.07, 6.45) is 13.6. The zero-order valence-electron chi connectivity index (χ0n) is 17.9. The highest BCUT2D eigenvalue weighted by molar-refractivity contribution is 5.80. The van der Waals surface area contributed by atoms with E-state index in [2.05, 4.69) is 34.3 Å². The van der Waals surface area contributed by atoms with Crippen molar-refractivity contribution in [1.29, 1.82) is 0 Å². The maximum absolute atomic E-state index is 4.86. The van der Waals surface area contributed by atoms with Gasteiger partial charge in [-0.05, 0) is 71.9 Å². The van der Waals surface area contributed by atoms with Crippen molar-refractivity contribution in [2.75, 3.05) is 39.3 Å². The fourth-order valence-corrected chi connectivity index (χ4v) is 5.13. The Bertz CT molecular complexity index is 446. The summed E-state index contributed by atoms with van der Waals surface area (Å²) in [6, 6.07) is 2.21. The summed E-state index contributed by atoms with van der Waals surface area (Å²) in [4.78, 5) is 10.2. The van der Waals surface area contributed by atoms with Gasteiger partial charge < -0.3 is 15.5 Å². The smallest absolute Gasteiger partial charge is 0.191 e. The molecule has 3 rings (SSSR count). The molecule has 0 aromatic carbocycles. The Hall–Kier alpha value is -0.810. The van der Waals surface area contributed by atoms with Crippen molar-refractivity contribution in [3.8, 4) is 0 Å². The summed E-state index contributed by atoms with van der Waals surface area (Å²) in [6.45, 7) is 11.4. The molecule has 2 unspecified atom stereocenters. The number of rotatable bonds is 8. The van der Waals surface area contributed by atoms with E-state index in [0.717, 1.165) is 31.1 Å². The Labute approximate surface area is 167 Å². The summed E-state index contributed by atoms with van der Waals surface area (Å²) in [5.41, 5.74) is 0. The van der Waals surface area contributed by atoms with Crippen LogP contribution in [0.4, 0.5) is 0 Å². The number of aliphatic imine (C=N–C) groups is 1. The molecule has 1 saturated carbocycles. The van der Waals surface area contributed by atoms with Crippen LogP contribution < -0.4 is 10.6 Å². The van der Waals surface area contributed by atoms with Crippen LogP contribution in [0.5, 0.6) is 0 Å². The number of likely N-dealkylation sites (tertiary alicyclic amines) is 2. The Kier molecular flexibility index (Phi) is 8.72. The number of guanidine groups is 1. The first-order valence-electron chi connectivity index (χ1n) is 11.8. The molecule has 0 radical (unpaired) electrons. The average molecular weight is 378 g/mol. The second-order valence-corrected chi connectivity index (χ2v) is 8.91. The minimum Gasteiger partial charge on any atom is -0.357 e. The van der Waals surface area contributed by atoms with Crippen molar-refractivity contribution in [1.82, 2.24) is 20.4 Å². The topological polar surface area (TPSA) is 42.9 Å². The fraction of sp³-hybridized carbons (Fsp3) is 0.955. The van der Waals surface area contributed by atoms with Crippen LogP contribution in [0.1, 0.15) is 78.1 Å². The Morgan fingerprint density at radius 3 is 2.59 bits per heavy atom. The maximum atomic E-state index is 4.86. The number of hydrogen-bond donors (Lipinski definition) is 2. The van der Waals surface area contributed by atoms with Gasteiger partial charge in [0.25, 0.3) is 0 Å². The molecule has 0 bridgehead atoms. The van der Waals surface area contributed by atoms with Crippen LogP contribution >= 0.6 is 0 Å². The van der Waals surface area contributed by atoms with Crippen LogP contribution in [0.3, 0.4) is 0 Å². The van der Waals surface area contributed by atoms with Crippen molar-refractivity contribution in [2.24, 2.45) is 4.99 Å². The van der Waals surface area contributed by atoms with E-state index in [-0.39, 0.29) is 0 Å². The number of hydrogen-bond acceptors (Lipinski definition) is 3. The number of unbranched alkanes of at least 4 members (excludes halogenated alkanes) is 1. The van der Waals surface area contributed by atoms with Crippen molar-refractivity contribution in [2.45, 2.75) is 96.2 Å². The average Bonchev–Trinajstić information content (AvgIpc) is 3.34. The molecule has 0 aromatic rings. The van der Waals surface area contributed by atoms with Gasteiger partial charge in [-0.25, -0.2) is 0 Å². The molecule has 0 aromatic heterocycles. The monoisotopic (exact) mass is 377 g/mol. The summed E-state index contributed by atoms with van der Waals surface area (Å²) in [5.74, 6) is 1.03. The molecular weight excluding hydrogens is 334 g/mol. The Morgan fingerprint density at radius 1 is 1.00 bits per heavy atom. The van der Waals surface area contributed by atoms with Gasteiger partial charge in [-0.15, -0.1) is 0 Å². The van der Waals surface area contributed by atoms with Crippen LogP contribution in [0.2, 0.25) is 0 Å². The minimum absolute atomic E-state index is 0.567. The standard InChI is InChI=1S/C22H43N5/c1-3-23-22(24-14-7-9-16-26-15-8-6-10-19(26)2)25-20-13-17-27(18-20)21-11-4-5-12-21/h19-21H,3-18H2,1-2H3,(H2,23,24,25). The van der Waals surface area contributed by atoms with Gasteiger partial charge in [0.05, 0.1) is 0 Å². The van der Waals surface area contributed by atoms with E-state index in [1.54, 1.807) is 0 Å². The summed E-state index contributed by atoms with van der Waals surface area (Å²) < 4.78 is 0. The van der Waals surface area contributed by atoms with Gasteiger partial charge >= 0.3 is 0 Å². The molecular formula is C22H43N5. The predicted octanol–water partition coefficient (Wildman–Crippen LogP) is 3.21. The van der Waals surface area contributed by atoms with Gasteiger partial charge in [0.1, 0.15) is 0 Å². The van der Waals surface area contributed by atoms with Gasteiger partial charge in [-0.1, -0.05) is 19.3 Å². The highest BCUT2D eigenvalue weighted by Gasteiger charge is 2.30. The van der Waals surface area contributed by atoms with Gasteiger partial charge in [0.15, 0.2) is 5.96 Å². The van der Waals surface area contributed by atoms with E-state index in [9.17, 15) is 0 Å². The molecule has 0 amide bonds. The highest BCUT2D eigenvalue weighted by atomic mass is 15.3. The summed E-state index contributed by atoms with van der Waals surface area (Å²) >= 11 is 0. The van der Waals surface area contributed by atoms with Gasteiger partial charge in [0, 0.05) is 44.3 Å². The lowest BCUT2D eigenvalue weighted by atomic mass is 10.0. The van der Waals surface area contributed by atoms with E-state index >= 15 is 0 Å². The molecule has 2 saturated heterocycles. The third kappa shape index (κ3) is 6.63. The van der Waals surface area contributed by atoms with E-state index < -0.39 is 0 Å². The first kappa shape index (κ1) is 20.9. The molecule has 3 aliphatic rings. The molecule has 2 N–H and O–H groups in total. The normalized spacial score (nSPS) is 28.7. The molecule has 27 heavy (non-hydrogen) atoms. The second kappa shape index (κ2) is 11.3. The first-order chi connectivity index (χ1) is 13.3. The lowest BCUT2D eigenvalue weighted by molar-refractivity contribution is 0.158. The van der Waals surface area contributed by atoms with Crippen molar-refractivity contribution < 1.29 is 0 Å². The summed E-state index contributed by atoms with van der Waals surface area (Å²) in [7, 11) is 0. The number of nitrogens with zero attached hydrogens (tertiary/aromatic N) is 3. The van der Waals surface area contributed by atoms with Gasteiger partial charge in [-0.2, -0.15) is 0 Å².